The molecule has 0 aliphatic rings. The van der Waals surface area contributed by atoms with Gasteiger partial charge in [-0.1, -0.05) is 103 Å². The molecule has 0 saturated carbocycles. The Hall–Kier alpha value is -7.86. The van der Waals surface area contributed by atoms with Crippen molar-refractivity contribution in [1.29, 1.82) is 5.26 Å². The lowest BCUT2D eigenvalue weighted by Crippen LogP contribution is -1.99. The van der Waals surface area contributed by atoms with Gasteiger partial charge in [0.15, 0.2) is 5.69 Å². The fraction of sp³-hybridized carbons (Fsp3) is 0. The van der Waals surface area contributed by atoms with E-state index < -0.39 is 0 Å². The fourth-order valence-electron chi connectivity index (χ4n) is 8.73. The molecule has 11 aromatic rings. The molecule has 0 spiro atoms. The van der Waals surface area contributed by atoms with Crippen molar-refractivity contribution in [3.05, 3.63) is 193 Å². The second-order valence-electron chi connectivity index (χ2n) is 13.9. The fourth-order valence-corrected chi connectivity index (χ4v) is 8.73. The molecule has 0 saturated heterocycles. The van der Waals surface area contributed by atoms with Crippen LogP contribution in [0.1, 0.15) is 5.56 Å². The van der Waals surface area contributed by atoms with Crippen molar-refractivity contribution in [1.82, 2.24) is 13.7 Å². The summed E-state index contributed by atoms with van der Waals surface area (Å²) in [6.45, 7) is 7.81. The third kappa shape index (κ3) is 4.45. The number of aromatic nitrogens is 3. The number of nitriles is 1. The van der Waals surface area contributed by atoms with Crippen LogP contribution in [-0.2, 0) is 0 Å². The van der Waals surface area contributed by atoms with Gasteiger partial charge in [-0.15, -0.1) is 0 Å². The van der Waals surface area contributed by atoms with Crippen LogP contribution >= 0.6 is 0 Å². The van der Waals surface area contributed by atoms with E-state index in [9.17, 15) is 5.26 Å². The molecule has 3 aromatic heterocycles. The van der Waals surface area contributed by atoms with Crippen molar-refractivity contribution >= 4 is 71.1 Å². The minimum absolute atomic E-state index is 0.607. The van der Waals surface area contributed by atoms with E-state index in [1.54, 1.807) is 0 Å². The lowest BCUT2D eigenvalue weighted by atomic mass is 10.0. The second kappa shape index (κ2) is 11.8. The van der Waals surface area contributed by atoms with Crippen molar-refractivity contribution < 1.29 is 0 Å². The molecule has 0 aliphatic heterocycles. The first-order valence-corrected chi connectivity index (χ1v) is 18.3. The normalized spacial score (nSPS) is 11.6. The zero-order valence-corrected chi connectivity index (χ0v) is 29.5. The molecular weight excluding hydrogens is 671 g/mol. The number of hydrogen-bond acceptors (Lipinski definition) is 1. The SMILES string of the molecule is [C-]#[N+]c1cccc2c1c1ccccc1n2-c1ccc(-c2ccc(C#N)c(-n3c4ccccc4c4cc(-n5c6ccccc6c6ccccc65)ccc43)c2)cc1. The van der Waals surface area contributed by atoms with Crippen molar-refractivity contribution in [3.63, 3.8) is 0 Å². The van der Waals surface area contributed by atoms with Gasteiger partial charge in [0, 0.05) is 43.8 Å². The molecule has 3 heterocycles. The van der Waals surface area contributed by atoms with E-state index in [-0.39, 0.29) is 0 Å². The van der Waals surface area contributed by atoms with Crippen LogP contribution in [0.4, 0.5) is 5.69 Å². The Labute approximate surface area is 316 Å². The third-order valence-electron chi connectivity index (χ3n) is 11.1. The zero-order valence-electron chi connectivity index (χ0n) is 29.5. The van der Waals surface area contributed by atoms with Crippen LogP contribution in [0, 0.1) is 17.9 Å². The summed E-state index contributed by atoms with van der Waals surface area (Å²) in [4.78, 5) is 3.84. The number of nitrogens with zero attached hydrogens (tertiary/aromatic N) is 5. The Morgan fingerprint density at radius 1 is 0.418 bits per heavy atom. The standard InChI is InChI=1S/C50H29N5/c1-52-42-15-10-20-48-50(42)40-14-5-9-19-46(40)53(48)35-25-23-32(24-26-35)33-21-22-34(31-51)49(29-33)55-45-18-8-4-13-39(45)41-30-36(27-28-47(41)55)54-43-16-6-2-11-37(43)38-12-3-7-17-44(38)54/h2-30H. The molecule has 8 aromatic carbocycles. The van der Waals surface area contributed by atoms with Gasteiger partial charge in [0.2, 0.25) is 0 Å². The molecule has 0 amide bonds. The summed E-state index contributed by atoms with van der Waals surface area (Å²) in [5, 5.41) is 17.2. The average Bonchev–Trinajstić information content (AvgIpc) is 3.89. The number of rotatable bonds is 4. The van der Waals surface area contributed by atoms with E-state index in [1.807, 2.05) is 36.4 Å². The molecule has 11 rings (SSSR count). The van der Waals surface area contributed by atoms with Crippen LogP contribution in [0.25, 0.3) is 98.5 Å². The first-order chi connectivity index (χ1) is 27.2. The highest BCUT2D eigenvalue weighted by atomic mass is 15.0. The smallest absolute Gasteiger partial charge is 0.197 e. The molecule has 0 N–H and O–H groups in total. The Kier molecular flexibility index (Phi) is 6.61. The first kappa shape index (κ1) is 30.7. The number of hydrogen-bond donors (Lipinski definition) is 0. The van der Waals surface area contributed by atoms with Crippen LogP contribution in [0.5, 0.6) is 0 Å². The predicted octanol–water partition coefficient (Wildman–Crippen LogP) is 13.1. The van der Waals surface area contributed by atoms with Crippen molar-refractivity contribution in [2.24, 2.45) is 0 Å². The van der Waals surface area contributed by atoms with Gasteiger partial charge >= 0.3 is 0 Å². The van der Waals surface area contributed by atoms with Crippen LogP contribution in [0.2, 0.25) is 0 Å². The van der Waals surface area contributed by atoms with E-state index in [0.29, 0.717) is 11.3 Å². The Bertz CT molecular complexity index is 3400. The largest absolute Gasteiger partial charge is 0.311 e. The maximum Gasteiger partial charge on any atom is 0.197 e. The van der Waals surface area contributed by atoms with Crippen LogP contribution in [0.15, 0.2) is 176 Å². The van der Waals surface area contributed by atoms with Gasteiger partial charge in [-0.25, -0.2) is 4.85 Å². The molecule has 5 heteroatoms. The molecule has 0 unspecified atom stereocenters. The second-order valence-corrected chi connectivity index (χ2v) is 13.9. The Morgan fingerprint density at radius 2 is 0.927 bits per heavy atom. The minimum Gasteiger partial charge on any atom is -0.311 e. The van der Waals surface area contributed by atoms with E-state index >= 15 is 0 Å². The number of para-hydroxylation sites is 4. The van der Waals surface area contributed by atoms with Gasteiger partial charge in [-0.05, 0) is 89.3 Å². The van der Waals surface area contributed by atoms with E-state index in [4.69, 9.17) is 6.57 Å². The van der Waals surface area contributed by atoms with Crippen molar-refractivity contribution in [2.45, 2.75) is 0 Å². The number of benzene rings is 8. The van der Waals surface area contributed by atoms with E-state index in [1.165, 1.54) is 21.8 Å². The Balaban J connectivity index is 1.06. The monoisotopic (exact) mass is 699 g/mol. The highest BCUT2D eigenvalue weighted by molar-refractivity contribution is 6.15. The highest BCUT2D eigenvalue weighted by Crippen LogP contribution is 2.40. The lowest BCUT2D eigenvalue weighted by molar-refractivity contribution is 1.16. The summed E-state index contributed by atoms with van der Waals surface area (Å²) < 4.78 is 6.83. The van der Waals surface area contributed by atoms with Gasteiger partial charge in [0.05, 0.1) is 45.4 Å². The maximum atomic E-state index is 10.5. The van der Waals surface area contributed by atoms with Gasteiger partial charge in [-0.3, -0.25) is 0 Å². The highest BCUT2D eigenvalue weighted by Gasteiger charge is 2.19. The lowest BCUT2D eigenvalue weighted by Gasteiger charge is -2.14. The molecule has 0 radical (unpaired) electrons. The van der Waals surface area contributed by atoms with Crippen molar-refractivity contribution in [2.75, 3.05) is 0 Å². The van der Waals surface area contributed by atoms with Crippen LogP contribution in [-0.4, -0.2) is 13.7 Å². The predicted molar refractivity (Wildman–Crippen MR) is 226 cm³/mol. The number of fused-ring (bicyclic) bond motifs is 9. The van der Waals surface area contributed by atoms with Gasteiger partial charge in [0.1, 0.15) is 6.07 Å². The molecule has 0 aliphatic carbocycles. The van der Waals surface area contributed by atoms with Crippen LogP contribution in [0.3, 0.4) is 0 Å². The zero-order chi connectivity index (χ0) is 36.6. The molecule has 5 nitrogen and oxygen atoms in total. The van der Waals surface area contributed by atoms with Crippen LogP contribution < -0.4 is 0 Å². The summed E-state index contributed by atoms with van der Waals surface area (Å²) in [7, 11) is 0. The average molecular weight is 700 g/mol. The van der Waals surface area contributed by atoms with E-state index in [0.717, 1.165) is 71.8 Å². The minimum atomic E-state index is 0.607. The first-order valence-electron chi connectivity index (χ1n) is 18.3. The molecule has 0 bridgehead atoms. The summed E-state index contributed by atoms with van der Waals surface area (Å²) in [5.41, 5.74) is 12.8. The summed E-state index contributed by atoms with van der Waals surface area (Å²) in [6.07, 6.45) is 0. The van der Waals surface area contributed by atoms with Gasteiger partial charge in [0.25, 0.3) is 0 Å². The quantitative estimate of drug-likeness (QED) is 0.169. The molecule has 0 fully saturated rings. The van der Waals surface area contributed by atoms with Gasteiger partial charge in [-0.2, -0.15) is 5.26 Å². The summed E-state index contributed by atoms with van der Waals surface area (Å²) in [6, 6.07) is 63.7. The maximum absolute atomic E-state index is 10.5. The molecule has 0 atom stereocenters. The third-order valence-corrected chi connectivity index (χ3v) is 11.1. The summed E-state index contributed by atoms with van der Waals surface area (Å²) in [5.74, 6) is 0. The van der Waals surface area contributed by atoms with Crippen molar-refractivity contribution in [3.8, 4) is 34.3 Å². The topological polar surface area (TPSA) is 42.9 Å². The Morgan fingerprint density at radius 3 is 1.58 bits per heavy atom. The van der Waals surface area contributed by atoms with Gasteiger partial charge < -0.3 is 13.7 Å². The molecule has 254 valence electrons. The summed E-state index contributed by atoms with van der Waals surface area (Å²) >= 11 is 0. The molecular formula is C50H29N5. The molecule has 55 heavy (non-hydrogen) atoms. The van der Waals surface area contributed by atoms with E-state index in [2.05, 4.69) is 164 Å².